The first-order valence-corrected chi connectivity index (χ1v) is 9.66. The number of amides is 1. The van der Waals surface area contributed by atoms with Crippen LogP contribution in [0.2, 0.25) is 0 Å². The number of nitrogens with one attached hydrogen (secondary N) is 2. The summed E-state index contributed by atoms with van der Waals surface area (Å²) in [5, 5.41) is 3.12. The zero-order valence-electron chi connectivity index (χ0n) is 15.5. The number of imidazole rings is 1. The van der Waals surface area contributed by atoms with Gasteiger partial charge in [0, 0.05) is 25.6 Å². The van der Waals surface area contributed by atoms with Crippen molar-refractivity contribution in [1.29, 1.82) is 0 Å². The molecule has 0 radical (unpaired) electrons. The number of carbonyl (C=O) groups excluding carboxylic acids is 1. The molecule has 5 rings (SSSR count). The van der Waals surface area contributed by atoms with E-state index < -0.39 is 0 Å². The molecule has 5 heteroatoms. The molecule has 1 saturated heterocycles. The number of para-hydroxylation sites is 2. The van der Waals surface area contributed by atoms with Crippen molar-refractivity contribution >= 4 is 16.9 Å². The fourth-order valence-corrected chi connectivity index (χ4v) is 4.55. The van der Waals surface area contributed by atoms with Crippen molar-refractivity contribution in [2.24, 2.45) is 17.8 Å². The second-order valence-electron chi connectivity index (χ2n) is 7.96. The van der Waals surface area contributed by atoms with Crippen molar-refractivity contribution < 1.29 is 4.79 Å². The number of aryl methyl sites for hydroxylation is 1. The van der Waals surface area contributed by atoms with Crippen LogP contribution in [0.25, 0.3) is 11.0 Å². The zero-order chi connectivity index (χ0) is 18.4. The standard InChI is InChI=1S/C22H24N4O/c1-14-5-4-6-15(9-14)10-23-22(27)21-16-11-26(12-17(16)21)13-20-24-18-7-2-3-8-19(18)25-20/h2-9,16-17,21H,10-13H2,1H3,(H,23,27)(H,24,25). The third-order valence-electron chi connectivity index (χ3n) is 5.93. The fraction of sp³-hybridized carbons (Fsp3) is 0.364. The molecule has 0 bridgehead atoms. The second-order valence-corrected chi connectivity index (χ2v) is 7.96. The molecule has 2 aliphatic rings. The Morgan fingerprint density at radius 2 is 2.00 bits per heavy atom. The molecule has 0 spiro atoms. The molecule has 138 valence electrons. The van der Waals surface area contributed by atoms with E-state index >= 15 is 0 Å². The number of hydrogen-bond donors (Lipinski definition) is 2. The van der Waals surface area contributed by atoms with E-state index in [1.807, 2.05) is 24.3 Å². The van der Waals surface area contributed by atoms with Crippen LogP contribution in [0.5, 0.6) is 0 Å². The van der Waals surface area contributed by atoms with E-state index in [-0.39, 0.29) is 11.8 Å². The zero-order valence-corrected chi connectivity index (χ0v) is 15.5. The van der Waals surface area contributed by atoms with E-state index in [9.17, 15) is 4.79 Å². The number of carbonyl (C=O) groups is 1. The van der Waals surface area contributed by atoms with Crippen molar-refractivity contribution in [3.05, 3.63) is 65.5 Å². The second kappa shape index (κ2) is 6.50. The Morgan fingerprint density at radius 1 is 1.19 bits per heavy atom. The summed E-state index contributed by atoms with van der Waals surface area (Å²) in [4.78, 5) is 23.0. The average Bonchev–Trinajstić information content (AvgIpc) is 3.00. The highest BCUT2D eigenvalue weighted by atomic mass is 16.2. The van der Waals surface area contributed by atoms with Crippen LogP contribution in [-0.2, 0) is 17.9 Å². The van der Waals surface area contributed by atoms with Gasteiger partial charge >= 0.3 is 0 Å². The van der Waals surface area contributed by atoms with E-state index in [1.165, 1.54) is 11.1 Å². The lowest BCUT2D eigenvalue weighted by Gasteiger charge is -2.18. The molecule has 2 N–H and O–H groups in total. The number of hydrogen-bond acceptors (Lipinski definition) is 3. The molecular weight excluding hydrogens is 336 g/mol. The van der Waals surface area contributed by atoms with Gasteiger partial charge in [0.15, 0.2) is 0 Å². The highest BCUT2D eigenvalue weighted by Gasteiger charge is 2.59. The largest absolute Gasteiger partial charge is 0.352 e. The topological polar surface area (TPSA) is 61.0 Å². The number of aromatic amines is 1. The summed E-state index contributed by atoms with van der Waals surface area (Å²) in [6.07, 6.45) is 0. The van der Waals surface area contributed by atoms with E-state index in [1.54, 1.807) is 0 Å². The first-order valence-electron chi connectivity index (χ1n) is 9.66. The molecule has 1 aliphatic heterocycles. The molecule has 2 fully saturated rings. The van der Waals surface area contributed by atoms with Gasteiger partial charge in [0.2, 0.25) is 5.91 Å². The number of aromatic nitrogens is 2. The molecule has 2 atom stereocenters. The van der Waals surface area contributed by atoms with Crippen molar-refractivity contribution in [2.75, 3.05) is 13.1 Å². The predicted octanol–water partition coefficient (Wildman–Crippen LogP) is 2.87. The van der Waals surface area contributed by atoms with Crippen LogP contribution in [0.4, 0.5) is 0 Å². The molecule has 5 nitrogen and oxygen atoms in total. The Hall–Kier alpha value is -2.66. The van der Waals surface area contributed by atoms with E-state index in [4.69, 9.17) is 0 Å². The highest BCUT2D eigenvalue weighted by Crippen LogP contribution is 2.52. The van der Waals surface area contributed by atoms with E-state index in [0.717, 1.165) is 36.5 Å². The van der Waals surface area contributed by atoms with Gasteiger partial charge in [0.25, 0.3) is 0 Å². The Labute approximate surface area is 158 Å². The number of H-pyrrole nitrogens is 1. The number of rotatable bonds is 5. The molecule has 2 unspecified atom stereocenters. The Balaban J connectivity index is 1.13. The van der Waals surface area contributed by atoms with Crippen LogP contribution in [0.15, 0.2) is 48.5 Å². The van der Waals surface area contributed by atoms with Gasteiger partial charge in [-0.25, -0.2) is 4.98 Å². The van der Waals surface area contributed by atoms with Crippen LogP contribution < -0.4 is 5.32 Å². The SMILES string of the molecule is Cc1cccc(CNC(=O)C2C3CN(Cc4nc5ccccc5[nH]4)CC32)c1. The van der Waals surface area contributed by atoms with Crippen LogP contribution in [0, 0.1) is 24.7 Å². The number of nitrogens with zero attached hydrogens (tertiary/aromatic N) is 2. The lowest BCUT2D eigenvalue weighted by Crippen LogP contribution is -2.31. The van der Waals surface area contributed by atoms with Crippen LogP contribution in [-0.4, -0.2) is 33.9 Å². The Morgan fingerprint density at radius 3 is 2.78 bits per heavy atom. The lowest BCUT2D eigenvalue weighted by atomic mass is 10.1. The number of benzene rings is 2. The third kappa shape index (κ3) is 3.23. The van der Waals surface area contributed by atoms with E-state index in [2.05, 4.69) is 51.4 Å². The average molecular weight is 360 g/mol. The number of likely N-dealkylation sites (tertiary alicyclic amines) is 1. The summed E-state index contributed by atoms with van der Waals surface area (Å²) in [7, 11) is 0. The minimum absolute atomic E-state index is 0.196. The van der Waals surface area contributed by atoms with Crippen LogP contribution >= 0.6 is 0 Å². The minimum Gasteiger partial charge on any atom is -0.352 e. The summed E-state index contributed by atoms with van der Waals surface area (Å²) in [6, 6.07) is 16.4. The van der Waals surface area contributed by atoms with Gasteiger partial charge in [-0.2, -0.15) is 0 Å². The Kier molecular flexibility index (Phi) is 3.97. The smallest absolute Gasteiger partial charge is 0.224 e. The van der Waals surface area contributed by atoms with Gasteiger partial charge in [0.05, 0.1) is 17.6 Å². The molecular formula is C22H24N4O. The molecule has 3 aromatic rings. The van der Waals surface area contributed by atoms with Crippen molar-refractivity contribution in [3.63, 3.8) is 0 Å². The first kappa shape index (κ1) is 16.5. The maximum Gasteiger partial charge on any atom is 0.224 e. The minimum atomic E-state index is 0.196. The monoisotopic (exact) mass is 360 g/mol. The highest BCUT2D eigenvalue weighted by molar-refractivity contribution is 5.82. The van der Waals surface area contributed by atoms with Crippen molar-refractivity contribution in [3.8, 4) is 0 Å². The maximum atomic E-state index is 12.5. The van der Waals surface area contributed by atoms with E-state index in [0.29, 0.717) is 18.4 Å². The molecule has 2 heterocycles. The summed E-state index contributed by atoms with van der Waals surface area (Å²) in [5.41, 5.74) is 4.50. The molecule has 1 aromatic heterocycles. The molecule has 1 amide bonds. The van der Waals surface area contributed by atoms with Gasteiger partial charge in [-0.15, -0.1) is 0 Å². The van der Waals surface area contributed by atoms with Crippen molar-refractivity contribution in [1.82, 2.24) is 20.2 Å². The van der Waals surface area contributed by atoms with Crippen LogP contribution in [0.1, 0.15) is 17.0 Å². The maximum absolute atomic E-state index is 12.5. The predicted molar refractivity (Wildman–Crippen MR) is 105 cm³/mol. The summed E-state index contributed by atoms with van der Waals surface area (Å²) in [6.45, 7) is 5.51. The normalized spacial score (nSPS) is 24.1. The van der Waals surface area contributed by atoms with Gasteiger partial charge < -0.3 is 10.3 Å². The number of piperidine rings is 1. The van der Waals surface area contributed by atoms with Gasteiger partial charge in [-0.1, -0.05) is 42.0 Å². The third-order valence-corrected chi connectivity index (χ3v) is 5.93. The molecule has 1 aliphatic carbocycles. The quantitative estimate of drug-likeness (QED) is 0.735. The Bertz CT molecular complexity index is 950. The number of fused-ring (bicyclic) bond motifs is 2. The fourth-order valence-electron chi connectivity index (χ4n) is 4.55. The lowest BCUT2D eigenvalue weighted by molar-refractivity contribution is -0.123. The van der Waals surface area contributed by atoms with Crippen LogP contribution in [0.3, 0.4) is 0 Å². The molecule has 27 heavy (non-hydrogen) atoms. The van der Waals surface area contributed by atoms with Gasteiger partial charge in [0.1, 0.15) is 5.82 Å². The summed E-state index contributed by atoms with van der Waals surface area (Å²) < 4.78 is 0. The summed E-state index contributed by atoms with van der Waals surface area (Å²) in [5.74, 6) is 2.44. The molecule has 1 saturated carbocycles. The van der Waals surface area contributed by atoms with Gasteiger partial charge in [-0.05, 0) is 36.5 Å². The first-order chi connectivity index (χ1) is 13.2. The van der Waals surface area contributed by atoms with Crippen molar-refractivity contribution in [2.45, 2.75) is 20.0 Å². The van der Waals surface area contributed by atoms with Gasteiger partial charge in [-0.3, -0.25) is 9.69 Å². The molecule has 2 aromatic carbocycles. The summed E-state index contributed by atoms with van der Waals surface area (Å²) >= 11 is 0.